The molecule has 0 aliphatic carbocycles. The number of fused-ring (bicyclic) bond motifs is 1. The molecule has 0 fully saturated rings. The highest BCUT2D eigenvalue weighted by molar-refractivity contribution is 7.18. The first kappa shape index (κ1) is 17.1. The summed E-state index contributed by atoms with van der Waals surface area (Å²) in [5, 5.41) is 1.80. The first-order valence-electron chi connectivity index (χ1n) is 7.14. The highest BCUT2D eigenvalue weighted by Gasteiger charge is 2.11. The Kier molecular flexibility index (Phi) is 4.99. The van der Waals surface area contributed by atoms with Gasteiger partial charge < -0.3 is 9.47 Å². The zero-order chi connectivity index (χ0) is 17.3. The lowest BCUT2D eigenvalue weighted by Crippen LogP contribution is -2.02. The highest BCUT2D eigenvalue weighted by Crippen LogP contribution is 2.34. The summed E-state index contributed by atoms with van der Waals surface area (Å²) in [5.41, 5.74) is 0.876. The topological polar surface area (TPSA) is 35.5 Å². The van der Waals surface area contributed by atoms with Crippen LogP contribution in [0.3, 0.4) is 0 Å². The van der Waals surface area contributed by atoms with Gasteiger partial charge in [-0.15, -0.1) is 11.3 Å². The van der Waals surface area contributed by atoms with Gasteiger partial charge in [-0.1, -0.05) is 29.3 Å². The molecular formula is C18H14Cl2O3S. The molecule has 3 aromatic rings. The van der Waals surface area contributed by atoms with Gasteiger partial charge >= 0.3 is 0 Å². The van der Waals surface area contributed by atoms with E-state index in [0.717, 1.165) is 15.1 Å². The van der Waals surface area contributed by atoms with Gasteiger partial charge in [-0.05, 0) is 29.8 Å². The third-order valence-electron chi connectivity index (χ3n) is 3.66. The molecule has 0 saturated carbocycles. The van der Waals surface area contributed by atoms with Gasteiger partial charge in [0.25, 0.3) is 0 Å². The summed E-state index contributed by atoms with van der Waals surface area (Å²) in [6.45, 7) is 0. The largest absolute Gasteiger partial charge is 0.493 e. The normalized spacial score (nSPS) is 10.8. The van der Waals surface area contributed by atoms with Crippen molar-refractivity contribution in [3.63, 3.8) is 0 Å². The van der Waals surface area contributed by atoms with E-state index in [4.69, 9.17) is 32.7 Å². The van der Waals surface area contributed by atoms with Crippen LogP contribution in [0.1, 0.15) is 10.4 Å². The van der Waals surface area contributed by atoms with Crippen LogP contribution >= 0.6 is 34.5 Å². The van der Waals surface area contributed by atoms with Gasteiger partial charge in [-0.25, -0.2) is 0 Å². The van der Waals surface area contributed by atoms with Gasteiger partial charge in [0.1, 0.15) is 0 Å². The van der Waals surface area contributed by atoms with Crippen LogP contribution in [0.25, 0.3) is 10.1 Å². The third kappa shape index (κ3) is 3.36. The molecule has 0 unspecified atom stereocenters. The van der Waals surface area contributed by atoms with Crippen LogP contribution in [-0.2, 0) is 6.42 Å². The Morgan fingerprint density at radius 2 is 1.71 bits per heavy atom. The maximum absolute atomic E-state index is 12.5. The Bertz CT molecular complexity index is 966. The molecule has 3 rings (SSSR count). The van der Waals surface area contributed by atoms with Crippen molar-refractivity contribution in [2.24, 2.45) is 0 Å². The Labute approximate surface area is 153 Å². The maximum atomic E-state index is 12.5. The van der Waals surface area contributed by atoms with Crippen molar-refractivity contribution < 1.29 is 9.47 Å². The van der Waals surface area contributed by atoms with E-state index in [9.17, 15) is 4.79 Å². The monoisotopic (exact) mass is 380 g/mol. The van der Waals surface area contributed by atoms with Crippen LogP contribution < -0.4 is 14.9 Å². The van der Waals surface area contributed by atoms with Crippen LogP contribution in [0.2, 0.25) is 10.0 Å². The summed E-state index contributed by atoms with van der Waals surface area (Å²) in [6, 6.07) is 10.6. The molecule has 3 nitrogen and oxygen atoms in total. The van der Waals surface area contributed by atoms with Gasteiger partial charge in [0.05, 0.1) is 14.2 Å². The van der Waals surface area contributed by atoms with Crippen molar-refractivity contribution in [3.05, 3.63) is 67.1 Å². The smallest absolute Gasteiger partial charge is 0.188 e. The summed E-state index contributed by atoms with van der Waals surface area (Å²) in [7, 11) is 3.12. The second-order valence-electron chi connectivity index (χ2n) is 5.19. The van der Waals surface area contributed by atoms with E-state index in [0.29, 0.717) is 33.4 Å². The molecule has 0 N–H and O–H groups in total. The van der Waals surface area contributed by atoms with Gasteiger partial charge in [-0.2, -0.15) is 0 Å². The zero-order valence-corrected chi connectivity index (χ0v) is 15.4. The van der Waals surface area contributed by atoms with E-state index >= 15 is 0 Å². The summed E-state index contributed by atoms with van der Waals surface area (Å²) in [5.74, 6) is 1.14. The van der Waals surface area contributed by atoms with E-state index in [1.807, 2.05) is 12.1 Å². The molecule has 0 bridgehead atoms. The third-order valence-corrected chi connectivity index (χ3v) is 5.33. The van der Waals surface area contributed by atoms with Crippen LogP contribution in [0.4, 0.5) is 0 Å². The van der Waals surface area contributed by atoms with E-state index in [-0.39, 0.29) is 5.43 Å². The van der Waals surface area contributed by atoms with Crippen LogP contribution in [-0.4, -0.2) is 14.2 Å². The molecule has 0 amide bonds. The second-order valence-corrected chi connectivity index (χ2v) is 7.20. The number of hydrogen-bond donors (Lipinski definition) is 0. The number of benzene rings is 2. The minimum absolute atomic E-state index is 0.0511. The lowest BCUT2D eigenvalue weighted by atomic mass is 10.1. The zero-order valence-electron chi connectivity index (χ0n) is 13.1. The Hall–Kier alpha value is -1.75. The van der Waals surface area contributed by atoms with Gasteiger partial charge in [0, 0.05) is 37.5 Å². The fraction of sp³-hybridized carbons (Fsp3) is 0.167. The fourth-order valence-electron chi connectivity index (χ4n) is 2.47. The highest BCUT2D eigenvalue weighted by atomic mass is 35.5. The Morgan fingerprint density at radius 3 is 2.38 bits per heavy atom. The van der Waals surface area contributed by atoms with Crippen molar-refractivity contribution in [2.45, 2.75) is 6.42 Å². The summed E-state index contributed by atoms with van der Waals surface area (Å²) >= 11 is 13.7. The number of halogens is 2. The summed E-state index contributed by atoms with van der Waals surface area (Å²) < 4.78 is 11.4. The Balaban J connectivity index is 2.08. The van der Waals surface area contributed by atoms with E-state index < -0.39 is 0 Å². The summed E-state index contributed by atoms with van der Waals surface area (Å²) in [6.07, 6.45) is 0.570. The van der Waals surface area contributed by atoms with Crippen molar-refractivity contribution in [1.82, 2.24) is 0 Å². The molecule has 0 atom stereocenters. The molecule has 0 saturated heterocycles. The Morgan fingerprint density at radius 1 is 1.00 bits per heavy atom. The fourth-order valence-corrected chi connectivity index (χ4v) is 4.06. The molecule has 0 aliphatic heterocycles. The van der Waals surface area contributed by atoms with Crippen LogP contribution in [0.5, 0.6) is 11.5 Å². The minimum Gasteiger partial charge on any atom is -0.493 e. The van der Waals surface area contributed by atoms with Gasteiger partial charge in [0.15, 0.2) is 16.9 Å². The van der Waals surface area contributed by atoms with E-state index in [1.54, 1.807) is 38.5 Å². The SMILES string of the molecule is COc1cc2sc(Cc3ccc(Cl)cc3Cl)cc(=O)c2cc1OC. The standard InChI is InChI=1S/C18H14Cl2O3S/c1-22-16-8-13-15(21)7-12(24-18(13)9-17(16)23-2)5-10-3-4-11(19)6-14(10)20/h3-4,6-9H,5H2,1-2H3. The number of ether oxygens (including phenoxy) is 2. The quantitative estimate of drug-likeness (QED) is 0.625. The molecule has 0 spiro atoms. The van der Waals surface area contributed by atoms with Gasteiger partial charge in [-0.3, -0.25) is 4.79 Å². The molecule has 0 radical (unpaired) electrons. The lowest BCUT2D eigenvalue weighted by molar-refractivity contribution is 0.356. The molecule has 1 heterocycles. The van der Waals surface area contributed by atoms with Crippen LogP contribution in [0, 0.1) is 0 Å². The van der Waals surface area contributed by atoms with Crippen LogP contribution in [0.15, 0.2) is 41.2 Å². The van der Waals surface area contributed by atoms with Crippen molar-refractivity contribution in [1.29, 1.82) is 0 Å². The van der Waals surface area contributed by atoms with E-state index in [2.05, 4.69) is 0 Å². The number of rotatable bonds is 4. The lowest BCUT2D eigenvalue weighted by Gasteiger charge is -2.10. The second kappa shape index (κ2) is 7.01. The van der Waals surface area contributed by atoms with Crippen molar-refractivity contribution >= 4 is 44.6 Å². The van der Waals surface area contributed by atoms with Crippen molar-refractivity contribution in [2.75, 3.05) is 14.2 Å². The molecule has 1 aromatic heterocycles. The molecule has 2 aromatic carbocycles. The number of methoxy groups -OCH3 is 2. The first-order valence-corrected chi connectivity index (χ1v) is 8.71. The molecule has 6 heteroatoms. The minimum atomic E-state index is -0.0511. The molecular weight excluding hydrogens is 367 g/mol. The summed E-state index contributed by atoms with van der Waals surface area (Å²) in [4.78, 5) is 13.4. The average Bonchev–Trinajstić information content (AvgIpc) is 2.56. The molecule has 24 heavy (non-hydrogen) atoms. The van der Waals surface area contributed by atoms with E-state index in [1.165, 1.54) is 11.3 Å². The molecule has 0 aliphatic rings. The average molecular weight is 381 g/mol. The first-order chi connectivity index (χ1) is 11.5. The predicted molar refractivity (Wildman–Crippen MR) is 100 cm³/mol. The number of hydrogen-bond acceptors (Lipinski definition) is 4. The maximum Gasteiger partial charge on any atom is 0.188 e. The van der Waals surface area contributed by atoms with Crippen molar-refractivity contribution in [3.8, 4) is 11.5 Å². The molecule has 124 valence electrons. The van der Waals surface area contributed by atoms with Gasteiger partial charge in [0.2, 0.25) is 0 Å². The predicted octanol–water partition coefficient (Wildman–Crippen LogP) is 5.18.